The zero-order valence-electron chi connectivity index (χ0n) is 19.8. The summed E-state index contributed by atoms with van der Waals surface area (Å²) in [5.41, 5.74) is 1.34. The number of oxazole rings is 1. The average Bonchev–Trinajstić information content (AvgIpc) is 3.45. The molecular formula is C25H19F5N4O5. The fourth-order valence-electron chi connectivity index (χ4n) is 3.65. The normalized spacial score (nSPS) is 16.7. The number of hydrogen-bond acceptors (Lipinski definition) is 7. The van der Waals surface area contributed by atoms with Gasteiger partial charge in [0.05, 0.1) is 18.3 Å². The van der Waals surface area contributed by atoms with Gasteiger partial charge in [0.1, 0.15) is 12.0 Å². The average molecular weight is 550 g/mol. The maximum absolute atomic E-state index is 14.6. The van der Waals surface area contributed by atoms with E-state index >= 15 is 0 Å². The Morgan fingerprint density at radius 1 is 1.08 bits per heavy atom. The molecule has 39 heavy (non-hydrogen) atoms. The second-order valence-corrected chi connectivity index (χ2v) is 8.28. The number of fused-ring (bicyclic) bond motifs is 1. The number of halogens is 5. The van der Waals surface area contributed by atoms with E-state index in [9.17, 15) is 26.7 Å². The second-order valence-electron chi connectivity index (χ2n) is 8.28. The molecule has 1 fully saturated rings. The number of ether oxygens (including phenoxy) is 1. The van der Waals surface area contributed by atoms with Crippen LogP contribution in [-0.4, -0.2) is 68.1 Å². The highest BCUT2D eigenvalue weighted by Crippen LogP contribution is 2.32. The van der Waals surface area contributed by atoms with Crippen molar-refractivity contribution in [2.75, 3.05) is 13.1 Å². The van der Waals surface area contributed by atoms with Crippen LogP contribution >= 0.6 is 0 Å². The Labute approximate surface area is 216 Å². The van der Waals surface area contributed by atoms with E-state index in [0.717, 1.165) is 5.39 Å². The number of rotatable bonds is 4. The van der Waals surface area contributed by atoms with Crippen LogP contribution in [0.15, 0.2) is 71.6 Å². The van der Waals surface area contributed by atoms with Crippen molar-refractivity contribution < 1.29 is 45.8 Å². The molecule has 1 saturated heterocycles. The molecule has 0 bridgehead atoms. The van der Waals surface area contributed by atoms with Gasteiger partial charge in [-0.25, -0.2) is 23.5 Å². The SMILES string of the molecule is O=C(O)C(F)(F)F.O=C(c1cc(-c2ncco2)ccn1)N1CCC(F)(F)[C@@H](Oc2ccc3ccccc3n2)C1. The van der Waals surface area contributed by atoms with Crippen LogP contribution in [0, 0.1) is 0 Å². The van der Waals surface area contributed by atoms with Gasteiger partial charge in [-0.3, -0.25) is 9.78 Å². The Kier molecular flexibility index (Phi) is 7.74. The Balaban J connectivity index is 0.000000448. The molecule has 0 unspecified atom stereocenters. The molecule has 1 aliphatic rings. The largest absolute Gasteiger partial charge is 0.490 e. The maximum atomic E-state index is 14.6. The standard InChI is InChI=1S/C23H18F2N4O3.C2HF3O2/c24-23(25)8-11-29(22(30)18-13-16(7-9-26-18)21-27-10-12-31-21)14-19(23)32-20-6-5-15-3-1-2-4-17(15)28-20;3-2(4,5)1(6)7/h1-7,9-10,12-13,19H,8,11,14H2;(H,6,7)/t19-;/m0./s1. The number of aromatic nitrogens is 3. The summed E-state index contributed by atoms with van der Waals surface area (Å²) in [5, 5.41) is 8.00. The molecule has 14 heteroatoms. The number of likely N-dealkylation sites (tertiary alicyclic amines) is 1. The highest BCUT2D eigenvalue weighted by molar-refractivity contribution is 5.93. The number of piperidine rings is 1. The van der Waals surface area contributed by atoms with E-state index in [0.29, 0.717) is 17.0 Å². The van der Waals surface area contributed by atoms with E-state index in [-0.39, 0.29) is 24.7 Å². The minimum absolute atomic E-state index is 0.0895. The molecule has 1 amide bonds. The summed E-state index contributed by atoms with van der Waals surface area (Å²) in [7, 11) is 0. The van der Waals surface area contributed by atoms with Crippen molar-refractivity contribution in [2.24, 2.45) is 0 Å². The predicted molar refractivity (Wildman–Crippen MR) is 125 cm³/mol. The minimum atomic E-state index is -5.08. The summed E-state index contributed by atoms with van der Waals surface area (Å²) in [6.07, 6.45) is -2.75. The number of carbonyl (C=O) groups excluding carboxylic acids is 1. The summed E-state index contributed by atoms with van der Waals surface area (Å²) >= 11 is 0. The number of nitrogens with zero attached hydrogens (tertiary/aromatic N) is 4. The van der Waals surface area contributed by atoms with Gasteiger partial charge in [-0.2, -0.15) is 13.2 Å². The van der Waals surface area contributed by atoms with Gasteiger partial charge in [0.2, 0.25) is 11.8 Å². The van der Waals surface area contributed by atoms with Gasteiger partial charge < -0.3 is 19.2 Å². The number of amides is 1. The van der Waals surface area contributed by atoms with E-state index < -0.39 is 36.5 Å². The van der Waals surface area contributed by atoms with E-state index in [1.165, 1.54) is 29.6 Å². The van der Waals surface area contributed by atoms with Crippen molar-refractivity contribution >= 4 is 22.8 Å². The summed E-state index contributed by atoms with van der Waals surface area (Å²) in [5.74, 6) is -5.89. The summed E-state index contributed by atoms with van der Waals surface area (Å²) in [4.78, 5) is 35.7. The van der Waals surface area contributed by atoms with Gasteiger partial charge in [-0.05, 0) is 24.3 Å². The third-order valence-electron chi connectivity index (χ3n) is 5.60. The highest BCUT2D eigenvalue weighted by atomic mass is 19.4. The van der Waals surface area contributed by atoms with Gasteiger partial charge in [0, 0.05) is 36.2 Å². The van der Waals surface area contributed by atoms with Crippen molar-refractivity contribution in [3.63, 3.8) is 0 Å². The molecule has 4 aromatic rings. The lowest BCUT2D eigenvalue weighted by Crippen LogP contribution is -2.55. The zero-order valence-corrected chi connectivity index (χ0v) is 19.8. The van der Waals surface area contributed by atoms with E-state index in [4.69, 9.17) is 19.1 Å². The smallest absolute Gasteiger partial charge is 0.475 e. The number of hydrogen-bond donors (Lipinski definition) is 1. The molecule has 3 aromatic heterocycles. The van der Waals surface area contributed by atoms with Crippen LogP contribution in [0.1, 0.15) is 16.9 Å². The Morgan fingerprint density at radius 2 is 1.82 bits per heavy atom. The highest BCUT2D eigenvalue weighted by Gasteiger charge is 2.47. The Bertz CT molecular complexity index is 1460. The third-order valence-corrected chi connectivity index (χ3v) is 5.60. The van der Waals surface area contributed by atoms with Crippen LogP contribution in [0.2, 0.25) is 0 Å². The van der Waals surface area contributed by atoms with Crippen molar-refractivity contribution in [3.05, 3.63) is 72.9 Å². The maximum Gasteiger partial charge on any atom is 0.490 e. The summed E-state index contributed by atoms with van der Waals surface area (Å²) in [6, 6.07) is 13.8. The van der Waals surface area contributed by atoms with Crippen LogP contribution < -0.4 is 4.74 Å². The summed E-state index contributed by atoms with van der Waals surface area (Å²) in [6.45, 7) is -0.396. The monoisotopic (exact) mass is 550 g/mol. The number of alkyl halides is 5. The third kappa shape index (κ3) is 6.64. The number of benzene rings is 1. The number of aliphatic carboxylic acids is 1. The van der Waals surface area contributed by atoms with Crippen molar-refractivity contribution in [1.82, 2.24) is 19.9 Å². The second kappa shape index (κ2) is 11.0. The first-order chi connectivity index (χ1) is 18.4. The topological polar surface area (TPSA) is 119 Å². The number of pyridine rings is 2. The van der Waals surface area contributed by atoms with Gasteiger partial charge in [-0.15, -0.1) is 0 Å². The van der Waals surface area contributed by atoms with Crippen LogP contribution in [0.3, 0.4) is 0 Å². The molecule has 5 rings (SSSR count). The number of para-hydroxylation sites is 1. The van der Waals surface area contributed by atoms with Crippen molar-refractivity contribution in [3.8, 4) is 17.3 Å². The first-order valence-electron chi connectivity index (χ1n) is 11.3. The van der Waals surface area contributed by atoms with Gasteiger partial charge >= 0.3 is 12.1 Å². The van der Waals surface area contributed by atoms with Gasteiger partial charge in [0.15, 0.2) is 6.10 Å². The quantitative estimate of drug-likeness (QED) is 0.359. The molecule has 0 aliphatic carbocycles. The number of carboxylic acids is 1. The fraction of sp³-hybridized carbons (Fsp3) is 0.240. The first kappa shape index (κ1) is 27.4. The van der Waals surface area contributed by atoms with E-state index in [2.05, 4.69) is 15.0 Å². The Morgan fingerprint density at radius 3 is 2.51 bits per heavy atom. The molecule has 4 heterocycles. The lowest BCUT2D eigenvalue weighted by Gasteiger charge is -2.37. The van der Waals surface area contributed by atoms with Crippen molar-refractivity contribution in [1.29, 1.82) is 0 Å². The molecule has 1 aliphatic heterocycles. The molecule has 1 aromatic carbocycles. The van der Waals surface area contributed by atoms with Crippen LogP contribution in [0.4, 0.5) is 22.0 Å². The number of carboxylic acid groups (broad SMARTS) is 1. The molecule has 0 radical (unpaired) electrons. The first-order valence-corrected chi connectivity index (χ1v) is 11.3. The molecule has 1 atom stereocenters. The molecule has 1 N–H and O–H groups in total. The lowest BCUT2D eigenvalue weighted by molar-refractivity contribution is -0.192. The van der Waals surface area contributed by atoms with E-state index in [1.54, 1.807) is 24.3 Å². The molecule has 9 nitrogen and oxygen atoms in total. The summed E-state index contributed by atoms with van der Waals surface area (Å²) < 4.78 is 71.8. The lowest BCUT2D eigenvalue weighted by atomic mass is 10.0. The molecule has 204 valence electrons. The van der Waals surface area contributed by atoms with Crippen LogP contribution in [0.5, 0.6) is 5.88 Å². The van der Waals surface area contributed by atoms with Crippen LogP contribution in [-0.2, 0) is 4.79 Å². The molecule has 0 spiro atoms. The zero-order chi connectivity index (χ0) is 28.2. The predicted octanol–water partition coefficient (Wildman–Crippen LogP) is 4.85. The minimum Gasteiger partial charge on any atom is -0.475 e. The Hall–Kier alpha value is -4.62. The van der Waals surface area contributed by atoms with Crippen LogP contribution in [0.25, 0.3) is 22.4 Å². The fourth-order valence-corrected chi connectivity index (χ4v) is 3.65. The number of carbonyl (C=O) groups is 2. The van der Waals surface area contributed by atoms with Gasteiger partial charge in [-0.1, -0.05) is 18.2 Å². The molecular weight excluding hydrogens is 531 g/mol. The van der Waals surface area contributed by atoms with E-state index in [1.807, 2.05) is 18.2 Å². The van der Waals surface area contributed by atoms with Crippen molar-refractivity contribution in [2.45, 2.75) is 24.6 Å². The molecule has 0 saturated carbocycles. The van der Waals surface area contributed by atoms with Gasteiger partial charge in [0.25, 0.3) is 11.8 Å².